The molecule has 0 unspecified atom stereocenters. The van der Waals surface area contributed by atoms with Crippen molar-refractivity contribution in [3.8, 4) is 5.75 Å². The second-order valence-electron chi connectivity index (χ2n) is 7.54. The van der Waals surface area contributed by atoms with E-state index in [-0.39, 0.29) is 23.0 Å². The van der Waals surface area contributed by atoms with Crippen LogP contribution in [-0.4, -0.2) is 35.7 Å². The standard InChI is InChI=1S/C21H28N2O5S2/c1-5-28-19-9-8-18(23-10-6-7-11-29(23,24)25)14-20(19)30(26,27)22-21-16(3)12-15(2)13-17(21)4/h8-9,12-14,22H,5-7,10-11H2,1-4H3. The minimum Gasteiger partial charge on any atom is -0.492 e. The Morgan fingerprint density at radius 3 is 2.33 bits per heavy atom. The average Bonchev–Trinajstić information content (AvgIpc) is 2.65. The Kier molecular flexibility index (Phi) is 6.33. The van der Waals surface area contributed by atoms with E-state index in [4.69, 9.17) is 4.74 Å². The molecule has 9 heteroatoms. The van der Waals surface area contributed by atoms with Crippen molar-refractivity contribution < 1.29 is 21.6 Å². The monoisotopic (exact) mass is 452 g/mol. The van der Waals surface area contributed by atoms with Crippen LogP contribution in [0.3, 0.4) is 0 Å². The number of anilines is 2. The Bertz CT molecular complexity index is 1130. The van der Waals surface area contributed by atoms with E-state index < -0.39 is 20.0 Å². The third kappa shape index (κ3) is 4.57. The number of benzene rings is 2. The molecule has 1 heterocycles. The number of aryl methyl sites for hydroxylation is 3. The van der Waals surface area contributed by atoms with Gasteiger partial charge in [-0.2, -0.15) is 0 Å². The molecule has 164 valence electrons. The van der Waals surface area contributed by atoms with Gasteiger partial charge in [0.15, 0.2) is 0 Å². The fraction of sp³-hybridized carbons (Fsp3) is 0.429. The molecular formula is C21H28N2O5S2. The molecule has 0 radical (unpaired) electrons. The zero-order chi connectivity index (χ0) is 22.1. The van der Waals surface area contributed by atoms with E-state index in [0.29, 0.717) is 24.3 Å². The molecule has 0 saturated carbocycles. The van der Waals surface area contributed by atoms with Crippen LogP contribution in [0.25, 0.3) is 0 Å². The molecule has 3 rings (SSSR count). The molecule has 2 aromatic carbocycles. The van der Waals surface area contributed by atoms with Gasteiger partial charge < -0.3 is 4.74 Å². The van der Waals surface area contributed by atoms with Gasteiger partial charge in [0.1, 0.15) is 10.6 Å². The van der Waals surface area contributed by atoms with Crippen molar-refractivity contribution in [3.63, 3.8) is 0 Å². The van der Waals surface area contributed by atoms with Gasteiger partial charge >= 0.3 is 0 Å². The topological polar surface area (TPSA) is 92.8 Å². The van der Waals surface area contributed by atoms with Crippen LogP contribution in [0, 0.1) is 20.8 Å². The van der Waals surface area contributed by atoms with E-state index in [9.17, 15) is 16.8 Å². The predicted molar refractivity (Wildman–Crippen MR) is 119 cm³/mol. The molecule has 0 aliphatic carbocycles. The van der Waals surface area contributed by atoms with Gasteiger partial charge in [-0.15, -0.1) is 0 Å². The third-order valence-electron chi connectivity index (χ3n) is 5.07. The summed E-state index contributed by atoms with van der Waals surface area (Å²) in [5.74, 6) is 0.244. The van der Waals surface area contributed by atoms with Crippen molar-refractivity contribution in [3.05, 3.63) is 47.0 Å². The van der Waals surface area contributed by atoms with Crippen molar-refractivity contribution in [2.75, 3.05) is 27.9 Å². The zero-order valence-electron chi connectivity index (χ0n) is 17.7. The van der Waals surface area contributed by atoms with E-state index in [2.05, 4.69) is 4.72 Å². The molecule has 0 aromatic heterocycles. The Balaban J connectivity index is 2.08. The highest BCUT2D eigenvalue weighted by molar-refractivity contribution is 7.93. The van der Waals surface area contributed by atoms with Crippen LogP contribution in [0.1, 0.15) is 36.5 Å². The van der Waals surface area contributed by atoms with Crippen molar-refractivity contribution in [1.29, 1.82) is 0 Å². The van der Waals surface area contributed by atoms with Crippen molar-refractivity contribution >= 4 is 31.4 Å². The van der Waals surface area contributed by atoms with Gasteiger partial charge in [0.2, 0.25) is 10.0 Å². The predicted octanol–water partition coefficient (Wildman–Crippen LogP) is 3.74. The summed E-state index contributed by atoms with van der Waals surface area (Å²) in [5.41, 5.74) is 3.50. The first kappa shape index (κ1) is 22.4. The van der Waals surface area contributed by atoms with Gasteiger partial charge in [-0.25, -0.2) is 16.8 Å². The minimum absolute atomic E-state index is 0.0578. The average molecular weight is 453 g/mol. The maximum absolute atomic E-state index is 13.3. The normalized spacial score (nSPS) is 16.3. The second kappa shape index (κ2) is 8.47. The Morgan fingerprint density at radius 1 is 1.07 bits per heavy atom. The largest absolute Gasteiger partial charge is 0.492 e. The third-order valence-corrected chi connectivity index (χ3v) is 8.31. The lowest BCUT2D eigenvalue weighted by Crippen LogP contribution is -2.38. The van der Waals surface area contributed by atoms with E-state index in [1.807, 2.05) is 32.9 Å². The highest BCUT2D eigenvalue weighted by atomic mass is 32.2. The smallest absolute Gasteiger partial charge is 0.265 e. The zero-order valence-corrected chi connectivity index (χ0v) is 19.4. The molecule has 0 atom stereocenters. The lowest BCUT2D eigenvalue weighted by atomic mass is 10.1. The lowest BCUT2D eigenvalue weighted by molar-refractivity contribution is 0.331. The number of ether oxygens (including phenoxy) is 1. The summed E-state index contributed by atoms with van der Waals surface area (Å²) in [4.78, 5) is -0.0815. The molecule has 0 amide bonds. The van der Waals surface area contributed by atoms with E-state index in [1.165, 1.54) is 16.4 Å². The van der Waals surface area contributed by atoms with Crippen LogP contribution < -0.4 is 13.8 Å². The van der Waals surface area contributed by atoms with Gasteiger partial charge in [-0.3, -0.25) is 9.03 Å². The number of sulfonamides is 2. The lowest BCUT2D eigenvalue weighted by Gasteiger charge is -2.29. The van der Waals surface area contributed by atoms with E-state index in [1.54, 1.807) is 13.0 Å². The van der Waals surface area contributed by atoms with Gasteiger partial charge in [0, 0.05) is 6.54 Å². The molecular weight excluding hydrogens is 424 g/mol. The molecule has 0 bridgehead atoms. The maximum Gasteiger partial charge on any atom is 0.265 e. The van der Waals surface area contributed by atoms with Crippen LogP contribution >= 0.6 is 0 Å². The minimum atomic E-state index is -4.02. The Morgan fingerprint density at radius 2 is 1.73 bits per heavy atom. The SMILES string of the molecule is CCOc1ccc(N2CCCCS2(=O)=O)cc1S(=O)(=O)Nc1c(C)cc(C)cc1C. The summed E-state index contributed by atoms with van der Waals surface area (Å²) >= 11 is 0. The summed E-state index contributed by atoms with van der Waals surface area (Å²) in [6.07, 6.45) is 1.34. The molecule has 1 saturated heterocycles. The van der Waals surface area contributed by atoms with Crippen molar-refractivity contribution in [1.82, 2.24) is 0 Å². The van der Waals surface area contributed by atoms with Gasteiger partial charge in [-0.1, -0.05) is 17.7 Å². The first-order chi connectivity index (χ1) is 14.0. The maximum atomic E-state index is 13.3. The summed E-state index contributed by atoms with van der Waals surface area (Å²) in [6, 6.07) is 8.31. The van der Waals surface area contributed by atoms with Crippen LogP contribution in [0.5, 0.6) is 5.75 Å². The Labute approximate surface area is 179 Å². The van der Waals surface area contributed by atoms with Crippen LogP contribution in [0.15, 0.2) is 35.2 Å². The molecule has 30 heavy (non-hydrogen) atoms. The van der Waals surface area contributed by atoms with E-state index >= 15 is 0 Å². The first-order valence-corrected chi connectivity index (χ1v) is 13.0. The van der Waals surface area contributed by atoms with Crippen molar-refractivity contribution in [2.45, 2.75) is 45.4 Å². The van der Waals surface area contributed by atoms with Gasteiger partial charge in [0.05, 0.1) is 23.7 Å². The summed E-state index contributed by atoms with van der Waals surface area (Å²) in [7, 11) is -7.48. The number of rotatable bonds is 6. The summed E-state index contributed by atoms with van der Waals surface area (Å²) in [5, 5.41) is 0. The van der Waals surface area contributed by atoms with Crippen LogP contribution in [0.4, 0.5) is 11.4 Å². The number of nitrogens with one attached hydrogen (secondary N) is 1. The van der Waals surface area contributed by atoms with Crippen LogP contribution in [-0.2, 0) is 20.0 Å². The molecule has 7 nitrogen and oxygen atoms in total. The number of hydrogen-bond acceptors (Lipinski definition) is 5. The molecule has 2 aromatic rings. The fourth-order valence-electron chi connectivity index (χ4n) is 3.75. The van der Waals surface area contributed by atoms with E-state index in [0.717, 1.165) is 23.1 Å². The molecule has 0 spiro atoms. The molecule has 1 N–H and O–H groups in total. The molecule has 1 aliphatic rings. The quantitative estimate of drug-likeness (QED) is 0.721. The second-order valence-corrected chi connectivity index (χ2v) is 11.2. The first-order valence-electron chi connectivity index (χ1n) is 9.93. The number of hydrogen-bond donors (Lipinski definition) is 1. The fourth-order valence-corrected chi connectivity index (χ4v) is 6.75. The van der Waals surface area contributed by atoms with Crippen molar-refractivity contribution in [2.24, 2.45) is 0 Å². The highest BCUT2D eigenvalue weighted by Crippen LogP contribution is 2.34. The Hall–Kier alpha value is -2.26. The van der Waals surface area contributed by atoms with Gasteiger partial charge in [0.25, 0.3) is 10.0 Å². The molecule has 1 aliphatic heterocycles. The summed E-state index contributed by atoms with van der Waals surface area (Å²) in [6.45, 7) is 8.02. The van der Waals surface area contributed by atoms with Crippen LogP contribution in [0.2, 0.25) is 0 Å². The number of nitrogens with zero attached hydrogens (tertiary/aromatic N) is 1. The highest BCUT2D eigenvalue weighted by Gasteiger charge is 2.29. The summed E-state index contributed by atoms with van der Waals surface area (Å²) < 4.78 is 61.1. The molecule has 1 fully saturated rings. The van der Waals surface area contributed by atoms with Gasteiger partial charge in [-0.05, 0) is 69.9 Å².